The first-order valence-corrected chi connectivity index (χ1v) is 8.48. The topological polar surface area (TPSA) is 73.9 Å². The summed E-state index contributed by atoms with van der Waals surface area (Å²) in [5.74, 6) is -0.854. The van der Waals surface area contributed by atoms with E-state index in [1.807, 2.05) is 26.0 Å². The van der Waals surface area contributed by atoms with Gasteiger partial charge in [-0.15, -0.1) is 0 Å². The van der Waals surface area contributed by atoms with Crippen molar-refractivity contribution in [1.29, 1.82) is 0 Å². The molecule has 0 unspecified atom stereocenters. The van der Waals surface area contributed by atoms with E-state index in [0.717, 1.165) is 12.0 Å². The van der Waals surface area contributed by atoms with Gasteiger partial charge in [0.1, 0.15) is 11.4 Å². The summed E-state index contributed by atoms with van der Waals surface area (Å²) in [5.41, 5.74) is 0.706. The summed E-state index contributed by atoms with van der Waals surface area (Å²) in [6.07, 6.45) is 0.750. The molecule has 0 fully saturated rings. The number of esters is 1. The van der Waals surface area contributed by atoms with E-state index in [9.17, 15) is 14.0 Å². The number of halogens is 1. The largest absolute Gasteiger partial charge is 0.483 e. The highest BCUT2D eigenvalue weighted by atomic mass is 19.1. The van der Waals surface area contributed by atoms with E-state index in [1.165, 1.54) is 18.2 Å². The zero-order valence-electron chi connectivity index (χ0n) is 15.1. The lowest BCUT2D eigenvalue weighted by Crippen LogP contribution is -2.25. The van der Waals surface area contributed by atoms with Crippen molar-refractivity contribution in [1.82, 2.24) is 0 Å². The number of amides is 1. The number of hydrogen-bond donors (Lipinski definition) is 1. The molecule has 27 heavy (non-hydrogen) atoms. The third-order valence-corrected chi connectivity index (χ3v) is 3.91. The molecule has 0 saturated carbocycles. The second-order valence-corrected chi connectivity index (χ2v) is 6.76. The van der Waals surface area contributed by atoms with Gasteiger partial charge < -0.3 is 19.5 Å². The van der Waals surface area contributed by atoms with Gasteiger partial charge in [-0.3, -0.25) is 4.79 Å². The third kappa shape index (κ3) is 4.75. The van der Waals surface area contributed by atoms with Crippen LogP contribution in [-0.2, 0) is 20.7 Å². The lowest BCUT2D eigenvalue weighted by molar-refractivity contribution is -0.149. The van der Waals surface area contributed by atoms with Crippen LogP contribution in [0.5, 0.6) is 11.5 Å². The van der Waals surface area contributed by atoms with Crippen molar-refractivity contribution >= 4 is 17.6 Å². The zero-order chi connectivity index (χ0) is 19.4. The second-order valence-electron chi connectivity index (χ2n) is 6.76. The molecule has 7 heteroatoms. The van der Waals surface area contributed by atoms with Crippen LogP contribution in [-0.4, -0.2) is 30.7 Å². The Morgan fingerprint density at radius 3 is 2.70 bits per heavy atom. The predicted molar refractivity (Wildman–Crippen MR) is 96.3 cm³/mol. The summed E-state index contributed by atoms with van der Waals surface area (Å²) in [4.78, 5) is 23.6. The molecule has 0 radical (unpaired) electrons. The molecule has 0 aliphatic carbocycles. The number of fused-ring (bicyclic) bond motifs is 1. The van der Waals surface area contributed by atoms with E-state index in [-0.39, 0.29) is 17.9 Å². The number of hydrogen-bond acceptors (Lipinski definition) is 5. The van der Waals surface area contributed by atoms with E-state index in [0.29, 0.717) is 11.5 Å². The van der Waals surface area contributed by atoms with Gasteiger partial charge in [0.15, 0.2) is 24.7 Å². The van der Waals surface area contributed by atoms with Gasteiger partial charge >= 0.3 is 5.97 Å². The third-order valence-electron chi connectivity index (χ3n) is 3.91. The molecule has 6 nitrogen and oxygen atoms in total. The van der Waals surface area contributed by atoms with Crippen LogP contribution in [0.15, 0.2) is 42.5 Å². The number of rotatable bonds is 6. The lowest BCUT2D eigenvalue weighted by atomic mass is 10.0. The van der Waals surface area contributed by atoms with Crippen LogP contribution in [0, 0.1) is 5.82 Å². The number of anilines is 1. The molecule has 142 valence electrons. The molecule has 1 amide bonds. The summed E-state index contributed by atoms with van der Waals surface area (Å²) in [6.45, 7) is 3.04. The molecule has 1 N–H and O–H groups in total. The number of benzene rings is 2. The summed E-state index contributed by atoms with van der Waals surface area (Å²) >= 11 is 0. The van der Waals surface area contributed by atoms with Crippen molar-refractivity contribution in [3.05, 3.63) is 53.8 Å². The first-order valence-electron chi connectivity index (χ1n) is 8.48. The van der Waals surface area contributed by atoms with Gasteiger partial charge in [0, 0.05) is 12.0 Å². The highest BCUT2D eigenvalue weighted by Gasteiger charge is 2.32. The minimum absolute atomic E-state index is 0.0226. The monoisotopic (exact) mass is 373 g/mol. The van der Waals surface area contributed by atoms with Crippen molar-refractivity contribution < 1.29 is 28.2 Å². The van der Waals surface area contributed by atoms with Gasteiger partial charge in [-0.2, -0.15) is 0 Å². The van der Waals surface area contributed by atoms with Crippen LogP contribution >= 0.6 is 0 Å². The molecule has 1 aliphatic heterocycles. The fourth-order valence-corrected chi connectivity index (χ4v) is 2.77. The van der Waals surface area contributed by atoms with Crippen molar-refractivity contribution in [2.24, 2.45) is 0 Å². The Hall–Kier alpha value is -3.09. The van der Waals surface area contributed by atoms with E-state index in [4.69, 9.17) is 14.2 Å². The maximum atomic E-state index is 13.5. The smallest absolute Gasteiger partial charge is 0.344 e. The normalized spacial score (nSPS) is 14.0. The van der Waals surface area contributed by atoms with Crippen LogP contribution in [0.4, 0.5) is 10.1 Å². The Bertz CT molecular complexity index is 865. The van der Waals surface area contributed by atoms with Gasteiger partial charge in [-0.05, 0) is 32.0 Å². The Kier molecular flexibility index (Phi) is 5.30. The minimum atomic E-state index is -0.714. The van der Waals surface area contributed by atoms with E-state index < -0.39 is 24.3 Å². The molecule has 3 rings (SSSR count). The summed E-state index contributed by atoms with van der Waals surface area (Å²) < 4.78 is 29.7. The standard InChI is InChI=1S/C20H20FNO5/c1-20(2)10-13-6-5-9-16(19(13)27-20)25-12-18(24)26-11-17(23)22-15-8-4-3-7-14(15)21/h3-9H,10-12H2,1-2H3,(H,22,23). The van der Waals surface area contributed by atoms with Gasteiger partial charge in [-0.25, -0.2) is 9.18 Å². The Morgan fingerprint density at radius 2 is 1.93 bits per heavy atom. The number of ether oxygens (including phenoxy) is 3. The Labute approximate surface area is 156 Å². The van der Waals surface area contributed by atoms with Crippen molar-refractivity contribution in [3.8, 4) is 11.5 Å². The highest BCUT2D eigenvalue weighted by molar-refractivity contribution is 5.92. The number of carbonyl (C=O) groups is 2. The average Bonchev–Trinajstić information content (AvgIpc) is 2.94. The van der Waals surface area contributed by atoms with Crippen molar-refractivity contribution in [2.45, 2.75) is 25.9 Å². The van der Waals surface area contributed by atoms with Crippen LogP contribution in [0.1, 0.15) is 19.4 Å². The molecule has 0 spiro atoms. The van der Waals surface area contributed by atoms with Gasteiger partial charge in [0.2, 0.25) is 0 Å². The first-order chi connectivity index (χ1) is 12.8. The SMILES string of the molecule is CC1(C)Cc2cccc(OCC(=O)OCC(=O)Nc3ccccc3F)c2O1. The van der Waals surface area contributed by atoms with Crippen LogP contribution in [0.25, 0.3) is 0 Å². The highest BCUT2D eigenvalue weighted by Crippen LogP contribution is 2.41. The molecule has 2 aromatic rings. The van der Waals surface area contributed by atoms with E-state index >= 15 is 0 Å². The van der Waals surface area contributed by atoms with Crippen molar-refractivity contribution in [2.75, 3.05) is 18.5 Å². The number of nitrogens with one attached hydrogen (secondary N) is 1. The molecule has 0 atom stereocenters. The fraction of sp³-hybridized carbons (Fsp3) is 0.300. The lowest BCUT2D eigenvalue weighted by Gasteiger charge is -2.18. The molecular weight excluding hydrogens is 353 g/mol. The van der Waals surface area contributed by atoms with E-state index in [2.05, 4.69) is 5.32 Å². The van der Waals surface area contributed by atoms with Crippen LogP contribution < -0.4 is 14.8 Å². The quantitative estimate of drug-likeness (QED) is 0.788. The maximum absolute atomic E-state index is 13.5. The minimum Gasteiger partial charge on any atom is -0.483 e. The molecule has 1 aliphatic rings. The summed E-state index contributed by atoms with van der Waals surface area (Å²) in [5, 5.41) is 2.33. The summed E-state index contributed by atoms with van der Waals surface area (Å²) in [6, 6.07) is 11.2. The number of para-hydroxylation sites is 2. The van der Waals surface area contributed by atoms with Gasteiger partial charge in [0.25, 0.3) is 5.91 Å². The molecule has 1 heterocycles. The van der Waals surface area contributed by atoms with Crippen molar-refractivity contribution in [3.63, 3.8) is 0 Å². The van der Waals surface area contributed by atoms with Crippen LogP contribution in [0.3, 0.4) is 0 Å². The molecular formula is C20H20FNO5. The van der Waals surface area contributed by atoms with Gasteiger partial charge in [-0.1, -0.05) is 24.3 Å². The molecule has 2 aromatic carbocycles. The molecule has 0 saturated heterocycles. The number of carbonyl (C=O) groups excluding carboxylic acids is 2. The predicted octanol–water partition coefficient (Wildman–Crippen LogP) is 3.10. The van der Waals surface area contributed by atoms with Crippen LogP contribution in [0.2, 0.25) is 0 Å². The molecule has 0 bridgehead atoms. The Balaban J connectivity index is 1.48. The van der Waals surface area contributed by atoms with Gasteiger partial charge in [0.05, 0.1) is 5.69 Å². The maximum Gasteiger partial charge on any atom is 0.344 e. The first kappa shape index (κ1) is 18.7. The zero-order valence-corrected chi connectivity index (χ0v) is 15.1. The van der Waals surface area contributed by atoms with E-state index in [1.54, 1.807) is 12.1 Å². The molecule has 0 aromatic heterocycles. The fourth-order valence-electron chi connectivity index (χ4n) is 2.77. The summed E-state index contributed by atoms with van der Waals surface area (Å²) in [7, 11) is 0. The Morgan fingerprint density at radius 1 is 1.15 bits per heavy atom. The average molecular weight is 373 g/mol. The second kappa shape index (κ2) is 7.65.